The van der Waals surface area contributed by atoms with Crippen LogP contribution in [0.3, 0.4) is 0 Å². The third-order valence-corrected chi connectivity index (χ3v) is 5.23. The van der Waals surface area contributed by atoms with E-state index in [1.54, 1.807) is 0 Å². The van der Waals surface area contributed by atoms with Crippen LogP contribution in [0.15, 0.2) is 0 Å². The summed E-state index contributed by atoms with van der Waals surface area (Å²) in [5.74, 6) is 2.72. The molecule has 0 aromatic heterocycles. The molecule has 0 rings (SSSR count). The second-order valence-corrected chi connectivity index (χ2v) is 8.75. The Bertz CT molecular complexity index is 218. The molecule has 0 saturated heterocycles. The van der Waals surface area contributed by atoms with Crippen molar-refractivity contribution in [1.82, 2.24) is 0 Å². The smallest absolute Gasteiger partial charge is 0.0438 e. The first-order valence-corrected chi connectivity index (χ1v) is 11.1. The summed E-state index contributed by atoms with van der Waals surface area (Å²) >= 11 is 0. The van der Waals surface area contributed by atoms with Crippen LogP contribution in [-0.2, 0) is 0 Å². The Morgan fingerprint density at radius 3 is 1.35 bits per heavy atom. The van der Waals surface area contributed by atoms with Gasteiger partial charge in [-0.25, -0.2) is 0 Å². The van der Waals surface area contributed by atoms with E-state index in [1.165, 1.54) is 96.3 Å². The van der Waals surface area contributed by atoms with E-state index in [1.807, 2.05) is 0 Å². The highest BCUT2D eigenvalue weighted by molar-refractivity contribution is 4.62. The van der Waals surface area contributed by atoms with E-state index >= 15 is 0 Å². The van der Waals surface area contributed by atoms with Gasteiger partial charge in [-0.3, -0.25) is 0 Å². The first-order valence-electron chi connectivity index (χ1n) is 11.1. The van der Waals surface area contributed by atoms with Crippen LogP contribution in [0, 0.1) is 17.8 Å². The lowest BCUT2D eigenvalue weighted by Gasteiger charge is -2.18. The first kappa shape index (κ1) is 23.0. The summed E-state index contributed by atoms with van der Waals surface area (Å²) < 4.78 is 0. The largest absolute Gasteiger partial charge is 0.0654 e. The molecule has 0 aliphatic rings. The monoisotopic (exact) mass is 324 g/mol. The minimum Gasteiger partial charge on any atom is -0.0654 e. The molecule has 0 aromatic carbocycles. The third-order valence-electron chi connectivity index (χ3n) is 5.23. The molecule has 2 atom stereocenters. The highest BCUT2D eigenvalue weighted by Crippen LogP contribution is 2.23. The fraction of sp³-hybridized carbons (Fsp3) is 1.00. The summed E-state index contributed by atoms with van der Waals surface area (Å²) in [5, 5.41) is 0. The zero-order chi connectivity index (χ0) is 17.3. The van der Waals surface area contributed by atoms with Gasteiger partial charge in [-0.15, -0.1) is 0 Å². The van der Waals surface area contributed by atoms with Gasteiger partial charge < -0.3 is 0 Å². The average Bonchev–Trinajstić information content (AvgIpc) is 2.47. The van der Waals surface area contributed by atoms with Gasteiger partial charge in [-0.1, -0.05) is 118 Å². The van der Waals surface area contributed by atoms with Crippen LogP contribution in [0.2, 0.25) is 0 Å². The number of unbranched alkanes of at least 4 members (excludes halogenated alkanes) is 11. The van der Waals surface area contributed by atoms with Crippen molar-refractivity contribution in [3.05, 3.63) is 0 Å². The van der Waals surface area contributed by atoms with Gasteiger partial charge >= 0.3 is 0 Å². The van der Waals surface area contributed by atoms with Crippen LogP contribution in [0.1, 0.15) is 131 Å². The lowest BCUT2D eigenvalue weighted by atomic mass is 9.88. The van der Waals surface area contributed by atoms with E-state index < -0.39 is 0 Å². The van der Waals surface area contributed by atoms with Crippen LogP contribution in [0.4, 0.5) is 0 Å². The Kier molecular flexibility index (Phi) is 16.8. The van der Waals surface area contributed by atoms with Gasteiger partial charge in [0.25, 0.3) is 0 Å². The summed E-state index contributed by atoms with van der Waals surface area (Å²) in [7, 11) is 0. The predicted octanol–water partition coefficient (Wildman–Crippen LogP) is 8.79. The van der Waals surface area contributed by atoms with Gasteiger partial charge in [0.05, 0.1) is 0 Å². The van der Waals surface area contributed by atoms with Crippen LogP contribution >= 0.6 is 0 Å². The lowest BCUT2D eigenvalue weighted by Crippen LogP contribution is -2.06. The van der Waals surface area contributed by atoms with E-state index in [2.05, 4.69) is 34.6 Å². The zero-order valence-electron chi connectivity index (χ0n) is 17.3. The Balaban J connectivity index is 3.23. The van der Waals surface area contributed by atoms with Gasteiger partial charge in [0.15, 0.2) is 0 Å². The van der Waals surface area contributed by atoms with Crippen LogP contribution in [-0.4, -0.2) is 0 Å². The number of hydrogen-bond donors (Lipinski definition) is 0. The van der Waals surface area contributed by atoms with Gasteiger partial charge in [-0.2, -0.15) is 0 Å². The molecule has 0 aliphatic heterocycles. The van der Waals surface area contributed by atoms with E-state index in [0.717, 1.165) is 17.8 Å². The molecule has 0 bridgehead atoms. The maximum atomic E-state index is 2.47. The molecule has 0 nitrogen and oxygen atoms in total. The quantitative estimate of drug-likeness (QED) is 0.234. The molecule has 0 aromatic rings. The van der Waals surface area contributed by atoms with Crippen LogP contribution < -0.4 is 0 Å². The molecule has 0 heteroatoms. The minimum absolute atomic E-state index is 0.865. The Morgan fingerprint density at radius 2 is 0.913 bits per heavy atom. The van der Waals surface area contributed by atoms with Crippen molar-refractivity contribution in [2.75, 3.05) is 0 Å². The highest BCUT2D eigenvalue weighted by atomic mass is 14.2. The minimum atomic E-state index is 0.865. The van der Waals surface area contributed by atoms with Crippen LogP contribution in [0.5, 0.6) is 0 Å². The Hall–Kier alpha value is 0. The Morgan fingerprint density at radius 1 is 0.478 bits per heavy atom. The molecule has 0 heterocycles. The maximum Gasteiger partial charge on any atom is -0.0438 e. The Labute approximate surface area is 149 Å². The summed E-state index contributed by atoms with van der Waals surface area (Å²) in [4.78, 5) is 0. The van der Waals surface area contributed by atoms with E-state index in [0.29, 0.717) is 0 Å². The van der Waals surface area contributed by atoms with Crippen molar-refractivity contribution < 1.29 is 0 Å². The second-order valence-electron chi connectivity index (χ2n) is 8.75. The van der Waals surface area contributed by atoms with E-state index in [4.69, 9.17) is 0 Å². The molecule has 0 fully saturated rings. The van der Waals surface area contributed by atoms with Crippen molar-refractivity contribution in [2.24, 2.45) is 17.8 Å². The fourth-order valence-corrected chi connectivity index (χ4v) is 4.04. The molecule has 0 aliphatic carbocycles. The number of hydrogen-bond acceptors (Lipinski definition) is 0. The van der Waals surface area contributed by atoms with Gasteiger partial charge in [0.1, 0.15) is 0 Å². The fourth-order valence-electron chi connectivity index (χ4n) is 4.04. The normalized spacial score (nSPS) is 14.3. The van der Waals surface area contributed by atoms with Crippen molar-refractivity contribution in [3.63, 3.8) is 0 Å². The van der Waals surface area contributed by atoms with Crippen molar-refractivity contribution >= 4 is 0 Å². The standard InChI is InChI=1S/C23H48/c1-6-7-8-9-10-11-12-13-14-15-16-17-18-22(4)20-23(5)19-21(2)3/h21-23H,6-20H2,1-5H3. The summed E-state index contributed by atoms with van der Waals surface area (Å²) in [6.07, 6.45) is 21.9. The lowest BCUT2D eigenvalue weighted by molar-refractivity contribution is 0.336. The summed E-state index contributed by atoms with van der Waals surface area (Å²) in [5.41, 5.74) is 0. The molecule has 2 unspecified atom stereocenters. The molecule has 0 radical (unpaired) electrons. The van der Waals surface area contributed by atoms with Crippen molar-refractivity contribution in [1.29, 1.82) is 0 Å². The van der Waals surface area contributed by atoms with Gasteiger partial charge in [-0.05, 0) is 30.6 Å². The predicted molar refractivity (Wildman–Crippen MR) is 108 cm³/mol. The molecule has 0 spiro atoms. The van der Waals surface area contributed by atoms with Gasteiger partial charge in [0.2, 0.25) is 0 Å². The molecule has 0 N–H and O–H groups in total. The number of rotatable bonds is 17. The third kappa shape index (κ3) is 18.2. The van der Waals surface area contributed by atoms with Crippen molar-refractivity contribution in [2.45, 2.75) is 131 Å². The van der Waals surface area contributed by atoms with E-state index in [9.17, 15) is 0 Å². The first-order chi connectivity index (χ1) is 11.1. The highest BCUT2D eigenvalue weighted by Gasteiger charge is 2.10. The molecule has 0 saturated carbocycles. The molecule has 0 amide bonds. The average molecular weight is 325 g/mol. The summed E-state index contributed by atoms with van der Waals surface area (Å²) in [6.45, 7) is 11.9. The van der Waals surface area contributed by atoms with E-state index in [-0.39, 0.29) is 0 Å². The topological polar surface area (TPSA) is 0 Å². The molecule has 23 heavy (non-hydrogen) atoms. The maximum absolute atomic E-state index is 2.47. The van der Waals surface area contributed by atoms with Gasteiger partial charge in [0, 0.05) is 0 Å². The zero-order valence-corrected chi connectivity index (χ0v) is 17.3. The second kappa shape index (κ2) is 16.8. The SMILES string of the molecule is CCCCCCCCCCCCCCC(C)CC(C)CC(C)C. The van der Waals surface area contributed by atoms with Crippen molar-refractivity contribution in [3.8, 4) is 0 Å². The molecular weight excluding hydrogens is 276 g/mol. The molecule has 140 valence electrons. The summed E-state index contributed by atoms with van der Waals surface area (Å²) in [6, 6.07) is 0. The molecular formula is C23H48. The van der Waals surface area contributed by atoms with Crippen LogP contribution in [0.25, 0.3) is 0 Å².